The number of carbonyl (C=O) groups excluding carboxylic acids is 1. The van der Waals surface area contributed by atoms with Crippen molar-refractivity contribution in [2.75, 3.05) is 0 Å². The third kappa shape index (κ3) is 3.57. The van der Waals surface area contributed by atoms with Gasteiger partial charge in [0.1, 0.15) is 0 Å². The Morgan fingerprint density at radius 2 is 1.81 bits per heavy atom. The first-order chi connectivity index (χ1) is 12.8. The molecule has 0 saturated heterocycles. The van der Waals surface area contributed by atoms with Crippen LogP contribution in [0.2, 0.25) is 0 Å². The van der Waals surface area contributed by atoms with E-state index in [0.29, 0.717) is 11.3 Å². The number of aliphatic hydroxyl groups excluding tert-OH is 1. The van der Waals surface area contributed by atoms with Crippen molar-refractivity contribution < 1.29 is 18.7 Å². The van der Waals surface area contributed by atoms with Crippen LogP contribution in [-0.4, -0.2) is 26.7 Å². The molecule has 4 N–H and O–H groups in total. The molecule has 1 amide bonds. The monoisotopic (exact) mass is 372 g/mol. The van der Waals surface area contributed by atoms with Crippen molar-refractivity contribution in [3.05, 3.63) is 71.9 Å². The number of hydrogen-bond donors (Lipinski definition) is 3. The van der Waals surface area contributed by atoms with Gasteiger partial charge in [-0.25, -0.2) is 10.5 Å². The van der Waals surface area contributed by atoms with Crippen LogP contribution in [0.5, 0.6) is 0 Å². The van der Waals surface area contributed by atoms with E-state index in [-0.39, 0.29) is 11.3 Å². The van der Waals surface area contributed by atoms with E-state index in [1.54, 1.807) is 48.5 Å². The summed E-state index contributed by atoms with van der Waals surface area (Å²) in [6.45, 7) is 1.89. The standard InChI is InChI=1S/C19H18F2N4O2/c1-12-7-9-13(10-8-12)16-15(17(26)19(20,21)18(27)23-22)11-25(24-16)14-5-3-2-4-6-14/h2-11,17,26H,22H2,1H3,(H,23,27). The molecule has 0 fully saturated rings. The number of benzene rings is 2. The van der Waals surface area contributed by atoms with Crippen LogP contribution in [0.4, 0.5) is 8.78 Å². The second-order valence-electron chi connectivity index (χ2n) is 6.08. The molecule has 3 rings (SSSR count). The number of rotatable bonds is 5. The molecular formula is C19H18F2N4O2. The SMILES string of the molecule is Cc1ccc(-c2nn(-c3ccccc3)cc2C(O)C(F)(F)C(=O)NN)cc1. The van der Waals surface area contributed by atoms with Gasteiger partial charge in [-0.3, -0.25) is 10.2 Å². The lowest BCUT2D eigenvalue weighted by Gasteiger charge is -2.20. The molecule has 140 valence electrons. The molecule has 0 saturated carbocycles. The van der Waals surface area contributed by atoms with Crippen LogP contribution in [0.3, 0.4) is 0 Å². The summed E-state index contributed by atoms with van der Waals surface area (Å²) in [6, 6.07) is 15.9. The van der Waals surface area contributed by atoms with Crippen molar-refractivity contribution in [3.8, 4) is 16.9 Å². The zero-order valence-electron chi connectivity index (χ0n) is 14.4. The van der Waals surface area contributed by atoms with Gasteiger partial charge in [0.15, 0.2) is 6.10 Å². The molecular weight excluding hydrogens is 354 g/mol. The highest BCUT2D eigenvalue weighted by molar-refractivity contribution is 5.84. The van der Waals surface area contributed by atoms with Crippen LogP contribution in [0.15, 0.2) is 60.8 Å². The topological polar surface area (TPSA) is 93.2 Å². The predicted octanol–water partition coefficient (Wildman–Crippen LogP) is 2.51. The van der Waals surface area contributed by atoms with Gasteiger partial charge in [0.25, 0.3) is 0 Å². The fourth-order valence-corrected chi connectivity index (χ4v) is 2.65. The summed E-state index contributed by atoms with van der Waals surface area (Å²) in [5.74, 6) is -1.08. The number of amides is 1. The predicted molar refractivity (Wildman–Crippen MR) is 96.0 cm³/mol. The first-order valence-electron chi connectivity index (χ1n) is 8.13. The van der Waals surface area contributed by atoms with Gasteiger partial charge < -0.3 is 5.11 Å². The van der Waals surface area contributed by atoms with Crippen molar-refractivity contribution in [2.45, 2.75) is 19.0 Å². The second-order valence-corrected chi connectivity index (χ2v) is 6.08. The first-order valence-corrected chi connectivity index (χ1v) is 8.13. The molecule has 3 aromatic rings. The summed E-state index contributed by atoms with van der Waals surface area (Å²) in [4.78, 5) is 11.4. The Labute approximate surface area is 154 Å². The minimum absolute atomic E-state index is 0.149. The number of nitrogens with zero attached hydrogens (tertiary/aromatic N) is 2. The average Bonchev–Trinajstić information content (AvgIpc) is 3.13. The number of aliphatic hydroxyl groups is 1. The molecule has 0 aliphatic heterocycles. The van der Waals surface area contributed by atoms with Gasteiger partial charge in [0.05, 0.1) is 11.4 Å². The molecule has 0 spiro atoms. The van der Waals surface area contributed by atoms with Gasteiger partial charge in [-0.15, -0.1) is 0 Å². The summed E-state index contributed by atoms with van der Waals surface area (Å²) < 4.78 is 30.0. The molecule has 1 heterocycles. The van der Waals surface area contributed by atoms with E-state index in [4.69, 9.17) is 5.84 Å². The lowest BCUT2D eigenvalue weighted by molar-refractivity contribution is -0.164. The van der Waals surface area contributed by atoms with E-state index in [1.807, 2.05) is 13.0 Å². The quantitative estimate of drug-likeness (QED) is 0.364. The second kappa shape index (κ2) is 7.26. The largest absolute Gasteiger partial charge is 0.381 e. The van der Waals surface area contributed by atoms with E-state index in [2.05, 4.69) is 5.10 Å². The maximum atomic E-state index is 14.3. The van der Waals surface area contributed by atoms with Crippen molar-refractivity contribution in [1.82, 2.24) is 15.2 Å². The van der Waals surface area contributed by atoms with Gasteiger partial charge in [-0.1, -0.05) is 48.0 Å². The molecule has 6 nitrogen and oxygen atoms in total. The highest BCUT2D eigenvalue weighted by Crippen LogP contribution is 2.37. The number of nitrogens with one attached hydrogen (secondary N) is 1. The molecule has 8 heteroatoms. The summed E-state index contributed by atoms with van der Waals surface area (Å²) in [6.07, 6.45) is -1.14. The van der Waals surface area contributed by atoms with Gasteiger partial charge in [0.2, 0.25) is 0 Å². The highest BCUT2D eigenvalue weighted by Gasteiger charge is 2.48. The summed E-state index contributed by atoms with van der Waals surface area (Å²) in [7, 11) is 0. The molecule has 0 bridgehead atoms. The number of halogens is 2. The Morgan fingerprint density at radius 1 is 1.19 bits per heavy atom. The number of hydrogen-bond acceptors (Lipinski definition) is 4. The molecule has 1 unspecified atom stereocenters. The van der Waals surface area contributed by atoms with Crippen molar-refractivity contribution in [1.29, 1.82) is 0 Å². The lowest BCUT2D eigenvalue weighted by atomic mass is 9.99. The van der Waals surface area contributed by atoms with Gasteiger partial charge >= 0.3 is 11.8 Å². The van der Waals surface area contributed by atoms with Crippen molar-refractivity contribution in [3.63, 3.8) is 0 Å². The minimum atomic E-state index is -4.13. The van der Waals surface area contributed by atoms with Crippen LogP contribution in [0, 0.1) is 6.92 Å². The first kappa shape index (κ1) is 18.7. The Kier molecular flexibility index (Phi) is 5.02. The molecule has 27 heavy (non-hydrogen) atoms. The number of alkyl halides is 2. The number of nitrogens with two attached hydrogens (primary N) is 1. The average molecular weight is 372 g/mol. The zero-order valence-corrected chi connectivity index (χ0v) is 14.4. The number of hydrazine groups is 1. The third-order valence-corrected chi connectivity index (χ3v) is 4.16. The van der Waals surface area contributed by atoms with E-state index >= 15 is 0 Å². The van der Waals surface area contributed by atoms with Crippen LogP contribution < -0.4 is 11.3 Å². The van der Waals surface area contributed by atoms with Gasteiger partial charge in [-0.05, 0) is 19.1 Å². The van der Waals surface area contributed by atoms with Gasteiger partial charge in [0, 0.05) is 17.3 Å². The van der Waals surface area contributed by atoms with Crippen molar-refractivity contribution in [2.24, 2.45) is 5.84 Å². The van der Waals surface area contributed by atoms with Gasteiger partial charge in [-0.2, -0.15) is 13.9 Å². The van der Waals surface area contributed by atoms with Crippen LogP contribution in [0.25, 0.3) is 16.9 Å². The van der Waals surface area contributed by atoms with E-state index in [0.717, 1.165) is 5.56 Å². The van der Waals surface area contributed by atoms with E-state index < -0.39 is 17.9 Å². The number of aryl methyl sites for hydroxylation is 1. The van der Waals surface area contributed by atoms with Crippen LogP contribution >= 0.6 is 0 Å². The molecule has 1 atom stereocenters. The maximum absolute atomic E-state index is 14.3. The Bertz CT molecular complexity index is 940. The summed E-state index contributed by atoms with van der Waals surface area (Å²) in [5, 5.41) is 14.6. The lowest BCUT2D eigenvalue weighted by Crippen LogP contribution is -2.47. The highest BCUT2D eigenvalue weighted by atomic mass is 19.3. The maximum Gasteiger partial charge on any atom is 0.355 e. The smallest absolute Gasteiger partial charge is 0.355 e. The molecule has 1 aromatic heterocycles. The zero-order chi connectivity index (χ0) is 19.6. The molecule has 2 aromatic carbocycles. The summed E-state index contributed by atoms with van der Waals surface area (Å²) in [5.41, 5.74) is 3.49. The van der Waals surface area contributed by atoms with Crippen LogP contribution in [0.1, 0.15) is 17.2 Å². The normalized spacial score (nSPS) is 12.6. The fraction of sp³-hybridized carbons (Fsp3) is 0.158. The van der Waals surface area contributed by atoms with Crippen LogP contribution in [-0.2, 0) is 4.79 Å². The number of carbonyl (C=O) groups is 1. The molecule has 0 aliphatic rings. The Hall–Kier alpha value is -3.10. The summed E-state index contributed by atoms with van der Waals surface area (Å²) >= 11 is 0. The van der Waals surface area contributed by atoms with E-state index in [9.17, 15) is 18.7 Å². The minimum Gasteiger partial charge on any atom is -0.381 e. The Morgan fingerprint density at radius 3 is 2.41 bits per heavy atom. The van der Waals surface area contributed by atoms with Crippen molar-refractivity contribution >= 4 is 5.91 Å². The Balaban J connectivity index is 2.14. The third-order valence-electron chi connectivity index (χ3n) is 4.16. The number of para-hydroxylation sites is 1. The number of aromatic nitrogens is 2. The molecule has 0 aliphatic carbocycles. The molecule has 0 radical (unpaired) electrons. The fourth-order valence-electron chi connectivity index (χ4n) is 2.65. The van der Waals surface area contributed by atoms with E-state index in [1.165, 1.54) is 16.3 Å².